The Morgan fingerprint density at radius 2 is 1.84 bits per heavy atom. The topological polar surface area (TPSA) is 69.2 Å². The highest BCUT2D eigenvalue weighted by Crippen LogP contribution is 2.26. The Labute approximate surface area is 147 Å². The molecule has 1 N–H and O–H groups in total. The Hall–Kier alpha value is -3.02. The van der Waals surface area contributed by atoms with Crippen LogP contribution in [0.2, 0.25) is 0 Å². The minimum absolute atomic E-state index is 0.330. The van der Waals surface area contributed by atoms with Gasteiger partial charge < -0.3 is 14.2 Å². The van der Waals surface area contributed by atoms with Crippen molar-refractivity contribution in [1.82, 2.24) is 5.43 Å². The molecule has 25 heavy (non-hydrogen) atoms. The molecule has 2 aromatic rings. The number of methoxy groups -OCH3 is 2. The van der Waals surface area contributed by atoms with Gasteiger partial charge in [-0.1, -0.05) is 19.1 Å². The second-order valence-corrected chi connectivity index (χ2v) is 5.16. The summed E-state index contributed by atoms with van der Waals surface area (Å²) < 4.78 is 16.0. The number of benzene rings is 2. The van der Waals surface area contributed by atoms with Gasteiger partial charge >= 0.3 is 0 Å². The quantitative estimate of drug-likeness (QED) is 0.590. The molecule has 0 radical (unpaired) electrons. The molecule has 0 aromatic heterocycles. The van der Waals surface area contributed by atoms with Crippen molar-refractivity contribution in [3.8, 4) is 17.2 Å². The summed E-state index contributed by atoms with van der Waals surface area (Å²) in [5, 5.41) is 3.99. The molecule has 0 aliphatic rings. The first kappa shape index (κ1) is 18.3. The summed E-state index contributed by atoms with van der Waals surface area (Å²) in [5.41, 5.74) is 3.73. The van der Waals surface area contributed by atoms with Crippen LogP contribution in [0, 0.1) is 0 Å². The number of carbonyl (C=O) groups excluding carboxylic acids is 1. The maximum Gasteiger partial charge on any atom is 0.275 e. The van der Waals surface area contributed by atoms with Crippen LogP contribution in [-0.2, 0) is 0 Å². The highest BCUT2D eigenvalue weighted by atomic mass is 16.5. The van der Waals surface area contributed by atoms with Gasteiger partial charge in [-0.3, -0.25) is 4.79 Å². The summed E-state index contributed by atoms with van der Waals surface area (Å²) in [6.07, 6.45) is 2.41. The van der Waals surface area contributed by atoms with E-state index < -0.39 is 0 Å². The van der Waals surface area contributed by atoms with Crippen molar-refractivity contribution in [2.24, 2.45) is 5.10 Å². The lowest BCUT2D eigenvalue weighted by Gasteiger charge is -2.09. The molecule has 6 heteroatoms. The zero-order chi connectivity index (χ0) is 18.1. The number of hydrogen-bond acceptors (Lipinski definition) is 5. The monoisotopic (exact) mass is 342 g/mol. The molecule has 2 aromatic carbocycles. The minimum atomic E-state index is -0.330. The predicted molar refractivity (Wildman–Crippen MR) is 96.8 cm³/mol. The summed E-state index contributed by atoms with van der Waals surface area (Å²) in [6, 6.07) is 12.4. The van der Waals surface area contributed by atoms with Crippen molar-refractivity contribution in [2.45, 2.75) is 13.3 Å². The fourth-order valence-corrected chi connectivity index (χ4v) is 2.15. The maximum absolute atomic E-state index is 12.3. The van der Waals surface area contributed by atoms with Gasteiger partial charge in [0.1, 0.15) is 5.75 Å². The number of carbonyl (C=O) groups is 1. The average molecular weight is 342 g/mol. The SMILES string of the molecule is CCCOc1ccccc1C(=O)N/N=C/c1ccc(OC)c(OC)c1. The fourth-order valence-electron chi connectivity index (χ4n) is 2.15. The lowest BCUT2D eigenvalue weighted by atomic mass is 10.2. The van der Waals surface area contributed by atoms with E-state index in [4.69, 9.17) is 14.2 Å². The van der Waals surface area contributed by atoms with Gasteiger partial charge in [-0.25, -0.2) is 5.43 Å². The van der Waals surface area contributed by atoms with E-state index in [2.05, 4.69) is 10.5 Å². The maximum atomic E-state index is 12.3. The molecule has 0 saturated carbocycles. The van der Waals surface area contributed by atoms with Crippen LogP contribution in [0.4, 0.5) is 0 Å². The van der Waals surface area contributed by atoms with Crippen LogP contribution in [0.15, 0.2) is 47.6 Å². The molecule has 132 valence electrons. The van der Waals surface area contributed by atoms with Crippen LogP contribution in [-0.4, -0.2) is 32.9 Å². The molecule has 0 atom stereocenters. The molecular weight excluding hydrogens is 320 g/mol. The van der Waals surface area contributed by atoms with Crippen molar-refractivity contribution in [3.05, 3.63) is 53.6 Å². The number of nitrogens with zero attached hydrogens (tertiary/aromatic N) is 1. The minimum Gasteiger partial charge on any atom is -0.493 e. The third-order valence-corrected chi connectivity index (χ3v) is 3.38. The van der Waals surface area contributed by atoms with E-state index in [9.17, 15) is 4.79 Å². The zero-order valence-corrected chi connectivity index (χ0v) is 14.6. The smallest absolute Gasteiger partial charge is 0.275 e. The standard InChI is InChI=1S/C19H22N2O4/c1-4-11-25-16-8-6-5-7-15(16)19(22)21-20-13-14-9-10-17(23-2)18(12-14)24-3/h5-10,12-13H,4,11H2,1-3H3,(H,21,22)/b20-13+. The predicted octanol–water partition coefficient (Wildman–Crippen LogP) is 3.26. The number of hydrogen-bond donors (Lipinski definition) is 1. The number of amides is 1. The number of ether oxygens (including phenoxy) is 3. The van der Waals surface area contributed by atoms with Gasteiger partial charge in [0.2, 0.25) is 0 Å². The molecule has 6 nitrogen and oxygen atoms in total. The van der Waals surface area contributed by atoms with Crippen LogP contribution in [0.1, 0.15) is 29.3 Å². The molecule has 0 aliphatic heterocycles. The summed E-state index contributed by atoms with van der Waals surface area (Å²) >= 11 is 0. The Kier molecular flexibility index (Phi) is 6.83. The Balaban J connectivity index is 2.06. The molecular formula is C19H22N2O4. The van der Waals surface area contributed by atoms with Gasteiger partial charge in [0.25, 0.3) is 5.91 Å². The second kappa shape index (κ2) is 9.32. The van der Waals surface area contributed by atoms with E-state index in [0.717, 1.165) is 12.0 Å². The summed E-state index contributed by atoms with van der Waals surface area (Å²) in [6.45, 7) is 2.56. The van der Waals surface area contributed by atoms with Crippen molar-refractivity contribution >= 4 is 12.1 Å². The first-order valence-electron chi connectivity index (χ1n) is 7.96. The van der Waals surface area contributed by atoms with E-state index in [-0.39, 0.29) is 5.91 Å². The Morgan fingerprint density at radius 1 is 1.08 bits per heavy atom. The summed E-state index contributed by atoms with van der Waals surface area (Å²) in [4.78, 5) is 12.3. The third-order valence-electron chi connectivity index (χ3n) is 3.38. The number of rotatable bonds is 8. The van der Waals surface area contributed by atoms with Crippen molar-refractivity contribution in [2.75, 3.05) is 20.8 Å². The van der Waals surface area contributed by atoms with E-state index in [1.165, 1.54) is 6.21 Å². The molecule has 0 saturated heterocycles. The first-order chi connectivity index (χ1) is 12.2. The Bertz CT molecular complexity index is 744. The van der Waals surface area contributed by atoms with Crippen molar-refractivity contribution in [3.63, 3.8) is 0 Å². The highest BCUT2D eigenvalue weighted by molar-refractivity contribution is 5.97. The van der Waals surface area contributed by atoms with Gasteiger partial charge in [0.15, 0.2) is 11.5 Å². The van der Waals surface area contributed by atoms with E-state index in [1.54, 1.807) is 44.6 Å². The molecule has 0 aliphatic carbocycles. The molecule has 2 rings (SSSR count). The van der Waals surface area contributed by atoms with Crippen LogP contribution < -0.4 is 19.6 Å². The summed E-state index contributed by atoms with van der Waals surface area (Å²) in [7, 11) is 3.14. The average Bonchev–Trinajstić information content (AvgIpc) is 2.66. The first-order valence-corrected chi connectivity index (χ1v) is 7.96. The van der Waals surface area contributed by atoms with Crippen LogP contribution >= 0.6 is 0 Å². The normalized spacial score (nSPS) is 10.5. The summed E-state index contributed by atoms with van der Waals surface area (Å²) in [5.74, 6) is 1.44. The zero-order valence-electron chi connectivity index (χ0n) is 14.6. The molecule has 0 heterocycles. The van der Waals surface area contributed by atoms with Crippen LogP contribution in [0.3, 0.4) is 0 Å². The van der Waals surface area contributed by atoms with Gasteiger partial charge in [0, 0.05) is 0 Å². The van der Waals surface area contributed by atoms with Crippen LogP contribution in [0.5, 0.6) is 17.2 Å². The van der Waals surface area contributed by atoms with E-state index in [1.807, 2.05) is 19.1 Å². The van der Waals surface area contributed by atoms with Crippen molar-refractivity contribution in [1.29, 1.82) is 0 Å². The second-order valence-electron chi connectivity index (χ2n) is 5.16. The van der Waals surface area contributed by atoms with Crippen LogP contribution in [0.25, 0.3) is 0 Å². The van der Waals surface area contributed by atoms with Gasteiger partial charge in [0.05, 0.1) is 32.6 Å². The molecule has 0 fully saturated rings. The molecule has 1 amide bonds. The number of nitrogens with one attached hydrogen (secondary N) is 1. The Morgan fingerprint density at radius 3 is 2.56 bits per heavy atom. The van der Waals surface area contributed by atoms with E-state index in [0.29, 0.717) is 29.4 Å². The van der Waals surface area contributed by atoms with E-state index >= 15 is 0 Å². The number of hydrazone groups is 1. The van der Waals surface area contributed by atoms with Gasteiger partial charge in [-0.15, -0.1) is 0 Å². The lowest BCUT2D eigenvalue weighted by Crippen LogP contribution is -2.18. The fraction of sp³-hybridized carbons (Fsp3) is 0.263. The third kappa shape index (κ3) is 4.97. The van der Waals surface area contributed by atoms with Gasteiger partial charge in [-0.2, -0.15) is 5.10 Å². The van der Waals surface area contributed by atoms with Crippen molar-refractivity contribution < 1.29 is 19.0 Å². The number of para-hydroxylation sites is 1. The lowest BCUT2D eigenvalue weighted by molar-refractivity contribution is 0.0951. The largest absolute Gasteiger partial charge is 0.493 e. The highest BCUT2D eigenvalue weighted by Gasteiger charge is 2.11. The molecule has 0 unspecified atom stereocenters. The molecule has 0 bridgehead atoms. The molecule has 0 spiro atoms. The van der Waals surface area contributed by atoms with Gasteiger partial charge in [-0.05, 0) is 42.3 Å².